The molecule has 2 aromatic rings. The minimum absolute atomic E-state index is 0.0537. The second-order valence-corrected chi connectivity index (χ2v) is 9.08. The highest BCUT2D eigenvalue weighted by molar-refractivity contribution is 6.30. The zero-order chi connectivity index (χ0) is 21.3. The molecule has 4 aliphatic rings. The number of halogens is 5. The Kier molecular flexibility index (Phi) is 4.25. The largest absolute Gasteiger partial charge is 0.522 e. The molecule has 1 heterocycles. The van der Waals surface area contributed by atoms with Crippen LogP contribution in [0.5, 0.6) is 0 Å². The monoisotopic (exact) mass is 443 g/mol. The summed E-state index contributed by atoms with van der Waals surface area (Å²) in [5, 5.41) is 3.07. The fourth-order valence-corrected chi connectivity index (χ4v) is 5.07. The van der Waals surface area contributed by atoms with Gasteiger partial charge in [0.25, 0.3) is 0 Å². The molecule has 0 aliphatic heterocycles. The number of amides is 1. The van der Waals surface area contributed by atoms with Crippen molar-refractivity contribution in [2.75, 3.05) is 0 Å². The van der Waals surface area contributed by atoms with Crippen LogP contribution in [0.15, 0.2) is 30.7 Å². The molecule has 0 atom stereocenters. The summed E-state index contributed by atoms with van der Waals surface area (Å²) in [6.45, 7) is 0. The van der Waals surface area contributed by atoms with Crippen molar-refractivity contribution in [3.05, 3.63) is 41.6 Å². The van der Waals surface area contributed by atoms with Crippen LogP contribution in [0.2, 0.25) is 5.02 Å². The second kappa shape index (κ2) is 6.43. The van der Waals surface area contributed by atoms with E-state index in [1.165, 1.54) is 12.1 Å². The Hall–Kier alpha value is -2.13. The van der Waals surface area contributed by atoms with E-state index in [-0.39, 0.29) is 34.8 Å². The van der Waals surface area contributed by atoms with E-state index in [2.05, 4.69) is 15.0 Å². The Labute approximate surface area is 174 Å². The lowest BCUT2D eigenvalue weighted by Gasteiger charge is -2.70. The first-order chi connectivity index (χ1) is 14.1. The van der Waals surface area contributed by atoms with Gasteiger partial charge in [-0.2, -0.15) is 0 Å². The highest BCUT2D eigenvalue weighted by atomic mass is 35.5. The molecule has 2 bridgehead atoms. The number of alkyl halides is 3. The molecular weight excluding hydrogens is 426 g/mol. The van der Waals surface area contributed by atoms with E-state index in [1.807, 2.05) is 10.8 Å². The standard InChI is InChI=1S/C20H18ClF4N3O2/c21-14-2-1-11(5-15(14)22)16-6-28(10-26-16)19-7-18(8-19,9-19)27-17(29)12-3-13(4-12)30-20(23,24)25/h1-2,5-6,10,12-13H,3-4,7-9H2,(H,27,29). The summed E-state index contributed by atoms with van der Waals surface area (Å²) < 4.78 is 56.2. The quantitative estimate of drug-likeness (QED) is 0.697. The van der Waals surface area contributed by atoms with Crippen molar-refractivity contribution in [3.63, 3.8) is 0 Å². The van der Waals surface area contributed by atoms with Gasteiger partial charge in [0, 0.05) is 23.2 Å². The molecule has 4 saturated carbocycles. The predicted molar refractivity (Wildman–Crippen MR) is 99.0 cm³/mol. The van der Waals surface area contributed by atoms with Crippen LogP contribution >= 0.6 is 11.6 Å². The highest BCUT2D eigenvalue weighted by Gasteiger charge is 2.70. The number of carbonyl (C=O) groups excluding carboxylic acids is 1. The molecule has 1 N–H and O–H groups in total. The number of ether oxygens (including phenoxy) is 1. The maximum atomic E-state index is 13.7. The van der Waals surface area contributed by atoms with Crippen molar-refractivity contribution in [3.8, 4) is 11.3 Å². The topological polar surface area (TPSA) is 56.2 Å². The van der Waals surface area contributed by atoms with Gasteiger partial charge in [-0.3, -0.25) is 9.53 Å². The maximum Gasteiger partial charge on any atom is 0.522 e. The van der Waals surface area contributed by atoms with Crippen LogP contribution in [-0.2, 0) is 15.1 Å². The van der Waals surface area contributed by atoms with Crippen molar-refractivity contribution < 1.29 is 27.1 Å². The first-order valence-corrected chi connectivity index (χ1v) is 10.0. The molecule has 30 heavy (non-hydrogen) atoms. The Morgan fingerprint density at radius 2 is 1.97 bits per heavy atom. The van der Waals surface area contributed by atoms with Gasteiger partial charge in [0.05, 0.1) is 28.7 Å². The Morgan fingerprint density at radius 1 is 1.27 bits per heavy atom. The molecule has 4 aliphatic carbocycles. The molecule has 1 aromatic carbocycles. The summed E-state index contributed by atoms with van der Waals surface area (Å²) in [5.74, 6) is -1.13. The van der Waals surface area contributed by atoms with Crippen LogP contribution < -0.4 is 5.32 Å². The first-order valence-electron chi connectivity index (χ1n) is 9.63. The number of rotatable bonds is 5. The van der Waals surface area contributed by atoms with E-state index in [0.29, 0.717) is 11.3 Å². The molecule has 6 rings (SSSR count). The zero-order valence-corrected chi connectivity index (χ0v) is 16.4. The van der Waals surface area contributed by atoms with E-state index in [1.54, 1.807) is 12.4 Å². The summed E-state index contributed by atoms with van der Waals surface area (Å²) in [7, 11) is 0. The van der Waals surface area contributed by atoms with Crippen molar-refractivity contribution in [2.45, 2.75) is 55.6 Å². The first kappa shape index (κ1) is 19.8. The Balaban J connectivity index is 1.16. The van der Waals surface area contributed by atoms with Crippen LogP contribution in [0.1, 0.15) is 32.1 Å². The van der Waals surface area contributed by atoms with Crippen LogP contribution in [-0.4, -0.2) is 33.5 Å². The van der Waals surface area contributed by atoms with Gasteiger partial charge >= 0.3 is 6.36 Å². The third-order valence-electron chi connectivity index (χ3n) is 6.50. The van der Waals surface area contributed by atoms with Gasteiger partial charge in [-0.15, -0.1) is 13.2 Å². The number of imidazole rings is 1. The lowest BCUT2D eigenvalue weighted by molar-refractivity contribution is -0.353. The summed E-state index contributed by atoms with van der Waals surface area (Å²) >= 11 is 5.72. The van der Waals surface area contributed by atoms with Crippen LogP contribution in [0.3, 0.4) is 0 Å². The maximum absolute atomic E-state index is 13.7. The molecule has 1 aromatic heterocycles. The molecule has 10 heteroatoms. The normalized spacial score (nSPS) is 32.0. The summed E-state index contributed by atoms with van der Waals surface area (Å²) in [5.41, 5.74) is 0.860. The van der Waals surface area contributed by atoms with E-state index in [4.69, 9.17) is 11.6 Å². The van der Waals surface area contributed by atoms with E-state index in [9.17, 15) is 22.4 Å². The molecule has 4 fully saturated rings. The summed E-state index contributed by atoms with van der Waals surface area (Å²) in [4.78, 5) is 16.7. The number of benzene rings is 1. The third kappa shape index (κ3) is 3.28. The molecular formula is C20H18ClF4N3O2. The number of carbonyl (C=O) groups is 1. The molecule has 5 nitrogen and oxygen atoms in total. The van der Waals surface area contributed by atoms with Gasteiger partial charge in [-0.25, -0.2) is 9.37 Å². The molecule has 0 spiro atoms. The number of hydrogen-bond donors (Lipinski definition) is 1. The van der Waals surface area contributed by atoms with Crippen molar-refractivity contribution in [1.29, 1.82) is 0 Å². The van der Waals surface area contributed by atoms with Crippen LogP contribution in [0.25, 0.3) is 11.3 Å². The molecule has 0 radical (unpaired) electrons. The van der Waals surface area contributed by atoms with Crippen LogP contribution in [0, 0.1) is 11.7 Å². The van der Waals surface area contributed by atoms with E-state index < -0.39 is 24.2 Å². The average Bonchev–Trinajstić information content (AvgIpc) is 3.03. The molecule has 0 unspecified atom stereocenters. The fraction of sp³-hybridized carbons (Fsp3) is 0.500. The minimum atomic E-state index is -4.66. The van der Waals surface area contributed by atoms with Gasteiger partial charge < -0.3 is 9.88 Å². The second-order valence-electron chi connectivity index (χ2n) is 8.67. The number of nitrogens with zero attached hydrogens (tertiary/aromatic N) is 2. The van der Waals surface area contributed by atoms with Gasteiger partial charge in [0.2, 0.25) is 5.91 Å². The average molecular weight is 444 g/mol. The predicted octanol–water partition coefficient (Wildman–Crippen LogP) is 4.41. The Bertz CT molecular complexity index is 996. The highest BCUT2D eigenvalue weighted by Crippen LogP contribution is 2.65. The van der Waals surface area contributed by atoms with Gasteiger partial charge in [0.15, 0.2) is 0 Å². The van der Waals surface area contributed by atoms with Crippen molar-refractivity contribution >= 4 is 17.5 Å². The summed E-state index contributed by atoms with van der Waals surface area (Å²) in [6.07, 6.45) is 0.388. The molecule has 160 valence electrons. The summed E-state index contributed by atoms with van der Waals surface area (Å²) in [6, 6.07) is 4.53. The molecule has 0 saturated heterocycles. The van der Waals surface area contributed by atoms with Crippen molar-refractivity contribution in [1.82, 2.24) is 14.9 Å². The zero-order valence-electron chi connectivity index (χ0n) is 15.7. The van der Waals surface area contributed by atoms with Gasteiger partial charge in [-0.1, -0.05) is 17.7 Å². The van der Waals surface area contributed by atoms with Crippen molar-refractivity contribution in [2.24, 2.45) is 5.92 Å². The minimum Gasteiger partial charge on any atom is -0.350 e. The third-order valence-corrected chi connectivity index (χ3v) is 6.81. The van der Waals surface area contributed by atoms with Gasteiger partial charge in [0.1, 0.15) is 5.82 Å². The smallest absolute Gasteiger partial charge is 0.350 e. The van der Waals surface area contributed by atoms with Gasteiger partial charge in [-0.05, 0) is 44.2 Å². The number of aromatic nitrogens is 2. The SMILES string of the molecule is O=C(NC12CC(n3cnc(-c4ccc(Cl)c(F)c4)c3)(C1)C2)C1CC(OC(F)(F)F)C1. The molecule has 1 amide bonds. The fourth-order valence-electron chi connectivity index (χ4n) is 4.96. The van der Waals surface area contributed by atoms with E-state index in [0.717, 1.165) is 19.3 Å². The lowest BCUT2D eigenvalue weighted by Crippen LogP contribution is -2.79. The van der Waals surface area contributed by atoms with Crippen LogP contribution in [0.4, 0.5) is 17.6 Å². The Morgan fingerprint density at radius 3 is 2.60 bits per heavy atom. The number of hydrogen-bond acceptors (Lipinski definition) is 3. The lowest BCUT2D eigenvalue weighted by atomic mass is 9.44. The number of nitrogens with one attached hydrogen (secondary N) is 1. The van der Waals surface area contributed by atoms with E-state index >= 15 is 0 Å².